The lowest BCUT2D eigenvalue weighted by Crippen LogP contribution is -2.46. The predicted molar refractivity (Wildman–Crippen MR) is 129 cm³/mol. The van der Waals surface area contributed by atoms with E-state index in [-0.39, 0.29) is 19.0 Å². The number of aliphatic hydroxyl groups excluding tert-OH is 1. The number of aliphatic hydroxyl groups is 1. The number of Topliss-reactive ketones (excluding diaryl/α,β-unsaturated/α-hetero) is 1. The van der Waals surface area contributed by atoms with Gasteiger partial charge in [-0.1, -0.05) is 11.8 Å². The molecule has 2 aromatic rings. The average Bonchev–Trinajstić information content (AvgIpc) is 2.85. The summed E-state index contributed by atoms with van der Waals surface area (Å²) in [5.41, 5.74) is 7.97. The quantitative estimate of drug-likeness (QED) is 0.348. The van der Waals surface area contributed by atoms with Crippen molar-refractivity contribution in [1.82, 2.24) is 10.2 Å². The van der Waals surface area contributed by atoms with Gasteiger partial charge in [0.25, 0.3) is 5.91 Å². The first kappa shape index (κ1) is 26.7. The van der Waals surface area contributed by atoms with Gasteiger partial charge in [0.2, 0.25) is 5.91 Å². The van der Waals surface area contributed by atoms with Crippen LogP contribution in [0.1, 0.15) is 21.5 Å². The number of methoxy groups -OCH3 is 1. The maximum Gasteiger partial charge on any atom is 0.251 e. The number of rotatable bonds is 11. The third-order valence-corrected chi connectivity index (χ3v) is 4.84. The van der Waals surface area contributed by atoms with Gasteiger partial charge >= 0.3 is 0 Å². The predicted octanol–water partition coefficient (Wildman–Crippen LogP) is 0.222. The molecule has 0 bridgehead atoms. The van der Waals surface area contributed by atoms with Crippen molar-refractivity contribution >= 4 is 23.3 Å². The van der Waals surface area contributed by atoms with Crippen LogP contribution in [0.3, 0.4) is 0 Å². The number of ketones is 1. The largest absolute Gasteiger partial charge is 0.388 e. The van der Waals surface area contributed by atoms with Gasteiger partial charge in [0, 0.05) is 42.6 Å². The van der Waals surface area contributed by atoms with Crippen LogP contribution in [0.5, 0.6) is 0 Å². The zero-order chi connectivity index (χ0) is 24.9. The highest BCUT2D eigenvalue weighted by Gasteiger charge is 2.18. The summed E-state index contributed by atoms with van der Waals surface area (Å²) < 4.78 is 5.00. The Morgan fingerprint density at radius 1 is 1.06 bits per heavy atom. The Hall–Kier alpha value is -3.55. The lowest BCUT2D eigenvalue weighted by atomic mass is 10.1. The number of hydrogen-bond acceptors (Lipinski definition) is 7. The molecule has 0 aliphatic carbocycles. The molecule has 0 radical (unpaired) electrons. The number of carbonyl (C=O) groups is 3. The van der Waals surface area contributed by atoms with Crippen molar-refractivity contribution < 1.29 is 24.2 Å². The molecule has 180 valence electrons. The lowest BCUT2D eigenvalue weighted by Gasteiger charge is -2.15. The fraction of sp³-hybridized carbons (Fsp3) is 0.320. The van der Waals surface area contributed by atoms with Crippen LogP contribution in [0.15, 0.2) is 48.5 Å². The van der Waals surface area contributed by atoms with E-state index in [9.17, 15) is 14.4 Å². The summed E-state index contributed by atoms with van der Waals surface area (Å²) in [7, 11) is 3.47. The molecule has 34 heavy (non-hydrogen) atoms. The number of ether oxygens (including phenoxy) is 1. The molecule has 9 nitrogen and oxygen atoms in total. The molecule has 0 unspecified atom stereocenters. The number of nitrogens with two attached hydrogens (primary N) is 1. The van der Waals surface area contributed by atoms with Gasteiger partial charge < -0.3 is 26.2 Å². The van der Waals surface area contributed by atoms with Gasteiger partial charge in [0.15, 0.2) is 5.78 Å². The summed E-state index contributed by atoms with van der Waals surface area (Å²) in [6.45, 7) is 0.720. The van der Waals surface area contributed by atoms with Crippen LogP contribution in [0.2, 0.25) is 0 Å². The first-order chi connectivity index (χ1) is 16.4. The highest BCUT2D eigenvalue weighted by Crippen LogP contribution is 2.10. The van der Waals surface area contributed by atoms with Gasteiger partial charge in [0.05, 0.1) is 13.2 Å². The Labute approximate surface area is 199 Å². The molecule has 0 aromatic heterocycles. The molecular formula is C25H30N4O5. The first-order valence-corrected chi connectivity index (χ1v) is 10.7. The van der Waals surface area contributed by atoms with Crippen molar-refractivity contribution in [3.8, 4) is 11.8 Å². The molecule has 0 spiro atoms. The second-order valence-electron chi connectivity index (χ2n) is 7.57. The molecule has 2 amide bonds. The van der Waals surface area contributed by atoms with Gasteiger partial charge in [-0.15, -0.1) is 0 Å². The Kier molecular flexibility index (Phi) is 10.9. The number of anilines is 1. The van der Waals surface area contributed by atoms with Crippen molar-refractivity contribution in [3.05, 3.63) is 65.2 Å². The summed E-state index contributed by atoms with van der Waals surface area (Å²) in [6.07, 6.45) is 0. The van der Waals surface area contributed by atoms with E-state index < -0.39 is 24.3 Å². The molecule has 0 fully saturated rings. The SMILES string of the molecule is COCCN(C)CC(=O)Nc1ccc(C#Cc2ccc(C(=O)N[C@@H](CN)C(=O)CO)cc2)cc1. The van der Waals surface area contributed by atoms with E-state index in [1.165, 1.54) is 0 Å². The Morgan fingerprint density at radius 2 is 1.65 bits per heavy atom. The number of benzene rings is 2. The smallest absolute Gasteiger partial charge is 0.251 e. The fourth-order valence-electron chi connectivity index (χ4n) is 2.88. The van der Waals surface area contributed by atoms with Crippen molar-refractivity contribution in [2.45, 2.75) is 6.04 Å². The normalized spacial score (nSPS) is 11.3. The maximum absolute atomic E-state index is 12.3. The van der Waals surface area contributed by atoms with Gasteiger partial charge in [-0.25, -0.2) is 0 Å². The van der Waals surface area contributed by atoms with Crippen LogP contribution in [-0.4, -0.2) is 80.7 Å². The molecular weight excluding hydrogens is 436 g/mol. The van der Waals surface area contributed by atoms with E-state index in [2.05, 4.69) is 22.5 Å². The number of carbonyl (C=O) groups excluding carboxylic acids is 3. The van der Waals surface area contributed by atoms with Crippen LogP contribution in [0, 0.1) is 11.8 Å². The minimum atomic E-state index is -0.929. The van der Waals surface area contributed by atoms with Crippen LogP contribution in [-0.2, 0) is 14.3 Å². The van der Waals surface area contributed by atoms with Crippen molar-refractivity contribution in [2.24, 2.45) is 5.73 Å². The van der Waals surface area contributed by atoms with Gasteiger partial charge in [-0.05, 0) is 55.6 Å². The molecule has 1 atom stereocenters. The number of hydrogen-bond donors (Lipinski definition) is 4. The standard InChI is InChI=1S/C25H30N4O5/c1-29(13-14-34-2)16-24(32)27-21-11-7-19(8-12-21)4-3-18-5-9-20(10-6-18)25(33)28-22(15-26)23(31)17-30/h5-12,22,30H,13-17,26H2,1-2H3,(H,27,32)(H,28,33)/t22-/m0/s1. The monoisotopic (exact) mass is 466 g/mol. The van der Waals surface area contributed by atoms with Gasteiger partial charge in [-0.2, -0.15) is 0 Å². The second-order valence-corrected chi connectivity index (χ2v) is 7.57. The number of nitrogens with zero attached hydrogens (tertiary/aromatic N) is 1. The minimum absolute atomic E-state index is 0.0946. The molecule has 0 saturated heterocycles. The van der Waals surface area contributed by atoms with Crippen molar-refractivity contribution in [1.29, 1.82) is 0 Å². The topological polar surface area (TPSA) is 134 Å². The van der Waals surface area contributed by atoms with Gasteiger partial charge in [-0.3, -0.25) is 19.3 Å². The third-order valence-electron chi connectivity index (χ3n) is 4.84. The summed E-state index contributed by atoms with van der Waals surface area (Å²) >= 11 is 0. The number of likely N-dealkylation sites (N-methyl/N-ethyl adjacent to an activating group) is 1. The summed E-state index contributed by atoms with van der Waals surface area (Å²) in [4.78, 5) is 37.8. The Balaban J connectivity index is 1.92. The van der Waals surface area contributed by atoms with Crippen LogP contribution >= 0.6 is 0 Å². The Morgan fingerprint density at radius 3 is 2.18 bits per heavy atom. The summed E-state index contributed by atoms with van der Waals surface area (Å²) in [5, 5.41) is 14.3. The zero-order valence-electron chi connectivity index (χ0n) is 19.3. The average molecular weight is 467 g/mol. The highest BCUT2D eigenvalue weighted by molar-refractivity contribution is 5.98. The molecule has 9 heteroatoms. The van der Waals surface area contributed by atoms with Crippen LogP contribution < -0.4 is 16.4 Å². The van der Waals surface area contributed by atoms with Crippen LogP contribution in [0.4, 0.5) is 5.69 Å². The maximum atomic E-state index is 12.3. The van der Waals surface area contributed by atoms with Crippen molar-refractivity contribution in [2.75, 3.05) is 52.3 Å². The number of nitrogens with one attached hydrogen (secondary N) is 2. The molecule has 0 heterocycles. The lowest BCUT2D eigenvalue weighted by molar-refractivity contribution is -0.123. The Bertz CT molecular complexity index is 1030. The summed E-state index contributed by atoms with van der Waals surface area (Å²) in [6, 6.07) is 12.8. The molecule has 5 N–H and O–H groups in total. The molecule has 2 rings (SSSR count). The zero-order valence-corrected chi connectivity index (χ0v) is 19.3. The molecule has 2 aromatic carbocycles. The van der Waals surface area contributed by atoms with Gasteiger partial charge in [0.1, 0.15) is 12.6 Å². The first-order valence-electron chi connectivity index (χ1n) is 10.7. The fourth-order valence-corrected chi connectivity index (χ4v) is 2.88. The second kappa shape index (κ2) is 13.9. The van der Waals surface area contributed by atoms with Crippen LogP contribution in [0.25, 0.3) is 0 Å². The highest BCUT2D eigenvalue weighted by atomic mass is 16.5. The van der Waals surface area contributed by atoms with E-state index >= 15 is 0 Å². The van der Waals surface area contributed by atoms with E-state index in [1.54, 1.807) is 43.5 Å². The number of amides is 2. The van der Waals surface area contributed by atoms with Crippen molar-refractivity contribution in [3.63, 3.8) is 0 Å². The molecule has 0 aliphatic rings. The minimum Gasteiger partial charge on any atom is -0.388 e. The molecule has 0 saturated carbocycles. The van der Waals surface area contributed by atoms with E-state index in [1.807, 2.05) is 24.1 Å². The third kappa shape index (κ3) is 8.77. The van der Waals surface area contributed by atoms with E-state index in [0.717, 1.165) is 5.56 Å². The van der Waals surface area contributed by atoms with E-state index in [4.69, 9.17) is 15.6 Å². The molecule has 0 aliphatic heterocycles. The van der Waals surface area contributed by atoms with E-state index in [0.29, 0.717) is 30.0 Å². The summed E-state index contributed by atoms with van der Waals surface area (Å²) in [5.74, 6) is 4.94.